The third kappa shape index (κ3) is 7.51. The van der Waals surface area contributed by atoms with Crippen molar-refractivity contribution >= 4 is 34.5 Å². The topological polar surface area (TPSA) is 70.2 Å². The van der Waals surface area contributed by atoms with Crippen molar-refractivity contribution in [1.29, 1.82) is 0 Å². The molecule has 0 N–H and O–H groups in total. The lowest BCUT2D eigenvalue weighted by Gasteiger charge is -2.10. The number of imidazole rings is 2. The molecule has 60 heavy (non-hydrogen) atoms. The number of halogens is 7. The molecule has 0 amide bonds. The standard InChI is InChI=1S/C23H14ClF3N4.C22H13ClF2N4/c24-18-6-8-19(9-7-18)31-20(11-12-29-31)16-3-10-22-28-13-21(30(22)14-16)15-1-4-17(5-2-15)23(25,26)27;23-15-2-5-17(6-3-15)29-20(9-10-27-29)14-1-8-22-26-12-21(28(22)13-14)18-7-4-16(24)11-19(18)25/h1-14H;1-13H. The fourth-order valence-corrected chi connectivity index (χ4v) is 7.08. The molecule has 296 valence electrons. The van der Waals surface area contributed by atoms with Gasteiger partial charge in [0.15, 0.2) is 0 Å². The Labute approximate surface area is 348 Å². The summed E-state index contributed by atoms with van der Waals surface area (Å²) in [5, 5.41) is 10.1. The van der Waals surface area contributed by atoms with E-state index in [-0.39, 0.29) is 5.56 Å². The Morgan fingerprint density at radius 1 is 0.483 bits per heavy atom. The minimum atomic E-state index is -4.37. The molecule has 6 aromatic heterocycles. The largest absolute Gasteiger partial charge is 0.416 e. The third-order valence-electron chi connectivity index (χ3n) is 9.75. The summed E-state index contributed by atoms with van der Waals surface area (Å²) in [6.45, 7) is 0. The molecule has 10 rings (SSSR count). The van der Waals surface area contributed by atoms with Gasteiger partial charge in [0, 0.05) is 50.8 Å². The highest BCUT2D eigenvalue weighted by molar-refractivity contribution is 6.30. The summed E-state index contributed by atoms with van der Waals surface area (Å²) in [7, 11) is 0. The number of benzene rings is 4. The highest BCUT2D eigenvalue weighted by Gasteiger charge is 2.30. The molecule has 15 heteroatoms. The van der Waals surface area contributed by atoms with Crippen LogP contribution in [0.15, 0.2) is 165 Å². The summed E-state index contributed by atoms with van der Waals surface area (Å²) >= 11 is 12.0. The van der Waals surface area contributed by atoms with E-state index in [1.54, 1.807) is 62.8 Å². The van der Waals surface area contributed by atoms with Crippen molar-refractivity contribution in [3.05, 3.63) is 192 Å². The van der Waals surface area contributed by atoms with Gasteiger partial charge in [0.25, 0.3) is 0 Å². The Hall–Kier alpha value is -7.09. The van der Waals surface area contributed by atoms with Gasteiger partial charge in [0.1, 0.15) is 22.9 Å². The monoisotopic (exact) mass is 844 g/mol. The van der Waals surface area contributed by atoms with Gasteiger partial charge in [-0.1, -0.05) is 35.3 Å². The molecule has 0 saturated carbocycles. The number of hydrogen-bond donors (Lipinski definition) is 0. The van der Waals surface area contributed by atoms with Gasteiger partial charge in [-0.15, -0.1) is 0 Å². The van der Waals surface area contributed by atoms with E-state index in [4.69, 9.17) is 23.2 Å². The number of hydrogen-bond acceptors (Lipinski definition) is 4. The number of pyridine rings is 2. The molecule has 10 aromatic rings. The second-order valence-corrected chi connectivity index (χ2v) is 14.4. The van der Waals surface area contributed by atoms with Crippen LogP contribution in [0.5, 0.6) is 0 Å². The predicted molar refractivity (Wildman–Crippen MR) is 221 cm³/mol. The average molecular weight is 846 g/mol. The summed E-state index contributed by atoms with van der Waals surface area (Å²) in [6, 6.07) is 34.7. The van der Waals surface area contributed by atoms with Crippen molar-refractivity contribution in [1.82, 2.24) is 38.3 Å². The maximum absolute atomic E-state index is 14.3. The molecule has 0 unspecified atom stereocenters. The van der Waals surface area contributed by atoms with Crippen LogP contribution in [0.3, 0.4) is 0 Å². The molecule has 0 aliphatic rings. The lowest BCUT2D eigenvalue weighted by Crippen LogP contribution is -2.04. The molecule has 4 aromatic carbocycles. The van der Waals surface area contributed by atoms with Crippen LogP contribution >= 0.6 is 23.2 Å². The van der Waals surface area contributed by atoms with Crippen LogP contribution in [0.25, 0.3) is 67.7 Å². The minimum absolute atomic E-state index is 0.280. The van der Waals surface area contributed by atoms with E-state index in [0.717, 1.165) is 52.1 Å². The smallest absolute Gasteiger partial charge is 0.299 e. The quantitative estimate of drug-likeness (QED) is 0.156. The first-order valence-corrected chi connectivity index (χ1v) is 18.9. The third-order valence-corrected chi connectivity index (χ3v) is 10.2. The fraction of sp³-hybridized carbons (Fsp3) is 0.0222. The van der Waals surface area contributed by atoms with Crippen molar-refractivity contribution in [3.63, 3.8) is 0 Å². The van der Waals surface area contributed by atoms with Crippen LogP contribution in [-0.4, -0.2) is 38.3 Å². The first-order chi connectivity index (χ1) is 29.0. The SMILES string of the molecule is FC(F)(F)c1ccc(-c2cnc3ccc(-c4ccnn4-c4ccc(Cl)cc4)cn23)cc1.Fc1ccc(-c2cnc3ccc(-c4ccnn4-c4ccc(Cl)cc4)cn23)c(F)c1. The van der Waals surface area contributed by atoms with E-state index in [0.29, 0.717) is 38.3 Å². The summed E-state index contributed by atoms with van der Waals surface area (Å²) in [4.78, 5) is 8.72. The molecule has 6 heterocycles. The molecule has 0 saturated heterocycles. The molecule has 0 radical (unpaired) electrons. The zero-order valence-corrected chi connectivity index (χ0v) is 32.3. The molecule has 0 aliphatic carbocycles. The van der Waals surface area contributed by atoms with Crippen LogP contribution in [-0.2, 0) is 6.18 Å². The zero-order chi connectivity index (χ0) is 41.5. The first-order valence-electron chi connectivity index (χ1n) is 18.2. The molecule has 0 aliphatic heterocycles. The van der Waals surface area contributed by atoms with Gasteiger partial charge in [-0.3, -0.25) is 8.80 Å². The van der Waals surface area contributed by atoms with Crippen molar-refractivity contribution in [2.75, 3.05) is 0 Å². The van der Waals surface area contributed by atoms with Gasteiger partial charge in [0.05, 0.1) is 64.5 Å². The Balaban J connectivity index is 0.000000154. The lowest BCUT2D eigenvalue weighted by atomic mass is 10.1. The molecular formula is C45H27Cl2F5N8. The second-order valence-electron chi connectivity index (χ2n) is 13.5. The van der Waals surface area contributed by atoms with Crippen molar-refractivity contribution in [2.24, 2.45) is 0 Å². The van der Waals surface area contributed by atoms with E-state index in [1.165, 1.54) is 24.3 Å². The minimum Gasteiger partial charge on any atom is -0.299 e. The molecule has 0 bridgehead atoms. The van der Waals surface area contributed by atoms with Crippen molar-refractivity contribution in [2.45, 2.75) is 6.18 Å². The Morgan fingerprint density at radius 2 is 0.967 bits per heavy atom. The molecule has 8 nitrogen and oxygen atoms in total. The Bertz CT molecular complexity index is 3130. The second kappa shape index (κ2) is 15.6. The summed E-state index contributed by atoms with van der Waals surface area (Å²) in [6.07, 6.45) is 6.04. The summed E-state index contributed by atoms with van der Waals surface area (Å²) in [5.74, 6) is -1.25. The fourth-order valence-electron chi connectivity index (χ4n) is 6.82. The molecule has 0 fully saturated rings. The maximum Gasteiger partial charge on any atom is 0.416 e. The first kappa shape index (κ1) is 38.4. The van der Waals surface area contributed by atoms with Gasteiger partial charge in [-0.2, -0.15) is 23.4 Å². The number of nitrogens with zero attached hydrogens (tertiary/aromatic N) is 8. The number of fused-ring (bicyclic) bond motifs is 2. The van der Waals surface area contributed by atoms with E-state index in [1.807, 2.05) is 77.5 Å². The van der Waals surface area contributed by atoms with Crippen molar-refractivity contribution in [3.8, 4) is 56.4 Å². The van der Waals surface area contributed by atoms with Gasteiger partial charge in [-0.05, 0) is 109 Å². The maximum atomic E-state index is 14.3. The number of rotatable bonds is 6. The van der Waals surface area contributed by atoms with Gasteiger partial charge < -0.3 is 0 Å². The van der Waals surface area contributed by atoms with E-state index in [2.05, 4.69) is 20.2 Å². The zero-order valence-electron chi connectivity index (χ0n) is 30.8. The lowest BCUT2D eigenvalue weighted by molar-refractivity contribution is -0.137. The van der Waals surface area contributed by atoms with Gasteiger partial charge in [-0.25, -0.2) is 28.1 Å². The normalized spacial score (nSPS) is 11.6. The highest BCUT2D eigenvalue weighted by atomic mass is 35.5. The van der Waals surface area contributed by atoms with E-state index >= 15 is 0 Å². The van der Waals surface area contributed by atoms with Crippen LogP contribution in [0.1, 0.15) is 5.56 Å². The molecule has 0 atom stereocenters. The predicted octanol–water partition coefficient (Wildman–Crippen LogP) is 12.3. The van der Waals surface area contributed by atoms with E-state index < -0.39 is 23.4 Å². The summed E-state index contributed by atoms with van der Waals surface area (Å²) < 4.78 is 73.5. The average Bonchev–Trinajstić information content (AvgIpc) is 4.08. The van der Waals surface area contributed by atoms with Crippen LogP contribution in [0, 0.1) is 11.6 Å². The molecule has 0 spiro atoms. The van der Waals surface area contributed by atoms with Crippen LogP contribution in [0.4, 0.5) is 22.0 Å². The number of aromatic nitrogens is 8. The molecular weight excluding hydrogens is 818 g/mol. The van der Waals surface area contributed by atoms with Gasteiger partial charge in [0.2, 0.25) is 0 Å². The number of alkyl halides is 3. The van der Waals surface area contributed by atoms with Crippen molar-refractivity contribution < 1.29 is 22.0 Å². The van der Waals surface area contributed by atoms with E-state index in [9.17, 15) is 22.0 Å². The van der Waals surface area contributed by atoms with Crippen LogP contribution < -0.4 is 0 Å². The summed E-state index contributed by atoms with van der Waals surface area (Å²) in [5.41, 5.74) is 8.01. The highest BCUT2D eigenvalue weighted by Crippen LogP contribution is 2.33. The Kier molecular flexibility index (Phi) is 9.98. The Morgan fingerprint density at radius 3 is 1.47 bits per heavy atom. The van der Waals surface area contributed by atoms with Gasteiger partial charge >= 0.3 is 6.18 Å². The van der Waals surface area contributed by atoms with Crippen LogP contribution in [0.2, 0.25) is 10.0 Å².